The van der Waals surface area contributed by atoms with Crippen molar-refractivity contribution in [2.45, 2.75) is 27.0 Å². The Hall–Kier alpha value is -1.39. The lowest BCUT2D eigenvalue weighted by Gasteiger charge is -2.05. The van der Waals surface area contributed by atoms with Gasteiger partial charge in [0.1, 0.15) is 18.2 Å². The number of aryl methyl sites for hydroxylation is 1. The van der Waals surface area contributed by atoms with Crippen LogP contribution in [0.4, 0.5) is 4.39 Å². The molecule has 0 amide bonds. The second-order valence-electron chi connectivity index (χ2n) is 4.35. The lowest BCUT2D eigenvalue weighted by atomic mass is 10.2. The van der Waals surface area contributed by atoms with Crippen LogP contribution in [0.3, 0.4) is 0 Å². The summed E-state index contributed by atoms with van der Waals surface area (Å²) in [5, 5.41) is 3.29. The Morgan fingerprint density at radius 2 is 2.00 bits per heavy atom. The summed E-state index contributed by atoms with van der Waals surface area (Å²) in [5.41, 5.74) is 0.608. The Labute approximate surface area is 117 Å². The fourth-order valence-electron chi connectivity index (χ4n) is 1.70. The van der Waals surface area contributed by atoms with E-state index in [-0.39, 0.29) is 5.82 Å². The standard InChI is InChI=1S/C15H18FNOS/c1-3-17-9-13-5-6-14(19-13)10-18-12-4-7-15(16)11(2)8-12/h4-8,17H,3,9-10H2,1-2H3. The van der Waals surface area contributed by atoms with Crippen LogP contribution in [-0.4, -0.2) is 6.54 Å². The molecule has 4 heteroatoms. The van der Waals surface area contributed by atoms with Gasteiger partial charge >= 0.3 is 0 Å². The van der Waals surface area contributed by atoms with Crippen molar-refractivity contribution in [2.75, 3.05) is 6.54 Å². The summed E-state index contributed by atoms with van der Waals surface area (Å²) in [6.07, 6.45) is 0. The van der Waals surface area contributed by atoms with Gasteiger partial charge in [0.25, 0.3) is 0 Å². The Balaban J connectivity index is 1.91. The quantitative estimate of drug-likeness (QED) is 0.866. The summed E-state index contributed by atoms with van der Waals surface area (Å²) in [4.78, 5) is 2.48. The molecular weight excluding hydrogens is 261 g/mol. The molecule has 0 aliphatic rings. The maximum Gasteiger partial charge on any atom is 0.126 e. The average Bonchev–Trinajstić information content (AvgIpc) is 2.86. The van der Waals surface area contributed by atoms with Crippen molar-refractivity contribution in [2.24, 2.45) is 0 Å². The maximum atomic E-state index is 13.1. The van der Waals surface area contributed by atoms with Crippen molar-refractivity contribution < 1.29 is 9.13 Å². The second-order valence-corrected chi connectivity index (χ2v) is 5.60. The van der Waals surface area contributed by atoms with Crippen molar-refractivity contribution in [1.29, 1.82) is 0 Å². The average molecular weight is 279 g/mol. The first-order valence-corrected chi connectivity index (χ1v) is 7.18. The summed E-state index contributed by atoms with van der Waals surface area (Å²) in [6.45, 7) is 6.23. The molecule has 0 saturated heterocycles. The van der Waals surface area contributed by atoms with E-state index in [1.54, 1.807) is 30.4 Å². The molecule has 0 aliphatic carbocycles. The zero-order valence-electron chi connectivity index (χ0n) is 11.2. The minimum atomic E-state index is -0.198. The van der Waals surface area contributed by atoms with Gasteiger partial charge in [0.15, 0.2) is 0 Å². The number of nitrogens with one attached hydrogen (secondary N) is 1. The van der Waals surface area contributed by atoms with Gasteiger partial charge in [-0.3, -0.25) is 0 Å². The molecule has 0 fully saturated rings. The fraction of sp³-hybridized carbons (Fsp3) is 0.333. The first-order chi connectivity index (χ1) is 9.19. The van der Waals surface area contributed by atoms with Crippen LogP contribution in [0.25, 0.3) is 0 Å². The van der Waals surface area contributed by atoms with E-state index in [1.165, 1.54) is 15.8 Å². The molecule has 2 aromatic rings. The van der Waals surface area contributed by atoms with Crippen LogP contribution in [0.15, 0.2) is 30.3 Å². The number of thiophene rings is 1. The molecule has 1 heterocycles. The van der Waals surface area contributed by atoms with Crippen LogP contribution in [-0.2, 0) is 13.2 Å². The van der Waals surface area contributed by atoms with E-state index in [1.807, 2.05) is 0 Å². The molecular formula is C15H18FNOS. The van der Waals surface area contributed by atoms with Gasteiger partial charge in [-0.05, 0) is 49.4 Å². The highest BCUT2D eigenvalue weighted by atomic mass is 32.1. The SMILES string of the molecule is CCNCc1ccc(COc2ccc(F)c(C)c2)s1. The number of rotatable bonds is 6. The molecule has 1 aromatic carbocycles. The molecule has 0 spiro atoms. The zero-order valence-corrected chi connectivity index (χ0v) is 12.0. The monoisotopic (exact) mass is 279 g/mol. The Kier molecular flexibility index (Phi) is 4.93. The summed E-state index contributed by atoms with van der Waals surface area (Å²) < 4.78 is 18.8. The summed E-state index contributed by atoms with van der Waals surface area (Å²) in [7, 11) is 0. The predicted octanol–water partition coefficient (Wildman–Crippen LogP) is 3.88. The third-order valence-electron chi connectivity index (χ3n) is 2.78. The molecule has 0 bridgehead atoms. The number of ether oxygens (including phenoxy) is 1. The molecule has 0 atom stereocenters. The van der Waals surface area contributed by atoms with Gasteiger partial charge in [0.2, 0.25) is 0 Å². The van der Waals surface area contributed by atoms with Gasteiger partial charge < -0.3 is 10.1 Å². The fourth-order valence-corrected chi connectivity index (χ4v) is 2.61. The topological polar surface area (TPSA) is 21.3 Å². The number of hydrogen-bond donors (Lipinski definition) is 1. The van der Waals surface area contributed by atoms with E-state index in [4.69, 9.17) is 4.74 Å². The Bertz CT molecular complexity index is 539. The molecule has 0 saturated carbocycles. The smallest absolute Gasteiger partial charge is 0.126 e. The maximum absolute atomic E-state index is 13.1. The Morgan fingerprint density at radius 1 is 1.21 bits per heavy atom. The van der Waals surface area contributed by atoms with E-state index in [0.29, 0.717) is 17.9 Å². The van der Waals surface area contributed by atoms with E-state index in [0.717, 1.165) is 13.1 Å². The minimum Gasteiger partial charge on any atom is -0.488 e. The molecule has 0 radical (unpaired) electrons. The van der Waals surface area contributed by atoms with Crippen LogP contribution in [0.1, 0.15) is 22.2 Å². The summed E-state index contributed by atoms with van der Waals surface area (Å²) in [6, 6.07) is 9.02. The molecule has 1 N–H and O–H groups in total. The predicted molar refractivity (Wildman–Crippen MR) is 77.2 cm³/mol. The van der Waals surface area contributed by atoms with Gasteiger partial charge in [0, 0.05) is 16.3 Å². The van der Waals surface area contributed by atoms with Crippen molar-refractivity contribution >= 4 is 11.3 Å². The number of halogens is 1. The molecule has 1 aromatic heterocycles. The van der Waals surface area contributed by atoms with Crippen LogP contribution in [0, 0.1) is 12.7 Å². The highest BCUT2D eigenvalue weighted by molar-refractivity contribution is 7.11. The van der Waals surface area contributed by atoms with E-state index < -0.39 is 0 Å². The van der Waals surface area contributed by atoms with Crippen LogP contribution < -0.4 is 10.1 Å². The van der Waals surface area contributed by atoms with Gasteiger partial charge in [-0.15, -0.1) is 11.3 Å². The second kappa shape index (κ2) is 6.68. The summed E-state index contributed by atoms with van der Waals surface area (Å²) in [5.74, 6) is 0.511. The molecule has 0 aliphatic heterocycles. The molecule has 102 valence electrons. The molecule has 0 unspecified atom stereocenters. The number of hydrogen-bond acceptors (Lipinski definition) is 3. The van der Waals surface area contributed by atoms with E-state index in [2.05, 4.69) is 24.4 Å². The first kappa shape index (κ1) is 14.0. The van der Waals surface area contributed by atoms with Crippen LogP contribution >= 0.6 is 11.3 Å². The third kappa shape index (κ3) is 4.04. The van der Waals surface area contributed by atoms with Crippen molar-refractivity contribution in [1.82, 2.24) is 5.32 Å². The van der Waals surface area contributed by atoms with Crippen LogP contribution in [0.2, 0.25) is 0 Å². The molecule has 2 nitrogen and oxygen atoms in total. The van der Waals surface area contributed by atoms with E-state index in [9.17, 15) is 4.39 Å². The highest BCUT2D eigenvalue weighted by Crippen LogP contribution is 2.21. The van der Waals surface area contributed by atoms with Crippen molar-refractivity contribution in [3.05, 3.63) is 51.5 Å². The van der Waals surface area contributed by atoms with Crippen molar-refractivity contribution in [3.8, 4) is 5.75 Å². The summed E-state index contributed by atoms with van der Waals surface area (Å²) >= 11 is 1.74. The van der Waals surface area contributed by atoms with Gasteiger partial charge in [-0.25, -0.2) is 4.39 Å². The lowest BCUT2D eigenvalue weighted by Crippen LogP contribution is -2.10. The van der Waals surface area contributed by atoms with Crippen molar-refractivity contribution in [3.63, 3.8) is 0 Å². The first-order valence-electron chi connectivity index (χ1n) is 6.36. The number of benzene rings is 1. The van der Waals surface area contributed by atoms with Crippen LogP contribution in [0.5, 0.6) is 5.75 Å². The minimum absolute atomic E-state index is 0.198. The molecule has 19 heavy (non-hydrogen) atoms. The third-order valence-corrected chi connectivity index (χ3v) is 3.84. The normalized spacial score (nSPS) is 10.7. The van der Waals surface area contributed by atoms with Gasteiger partial charge in [-0.1, -0.05) is 6.92 Å². The lowest BCUT2D eigenvalue weighted by molar-refractivity contribution is 0.309. The van der Waals surface area contributed by atoms with E-state index >= 15 is 0 Å². The van der Waals surface area contributed by atoms with Gasteiger partial charge in [0.05, 0.1) is 0 Å². The van der Waals surface area contributed by atoms with Gasteiger partial charge in [-0.2, -0.15) is 0 Å². The Morgan fingerprint density at radius 3 is 2.74 bits per heavy atom. The largest absolute Gasteiger partial charge is 0.488 e. The molecule has 2 rings (SSSR count). The zero-order chi connectivity index (χ0) is 13.7. The highest BCUT2D eigenvalue weighted by Gasteiger charge is 2.03.